The second kappa shape index (κ2) is 6.04. The molecule has 5 heteroatoms. The summed E-state index contributed by atoms with van der Waals surface area (Å²) >= 11 is 0. The van der Waals surface area contributed by atoms with Gasteiger partial charge in [-0.3, -0.25) is 4.79 Å². The Balaban J connectivity index is 1.88. The lowest BCUT2D eigenvalue weighted by Gasteiger charge is -2.14. The number of anilines is 1. The molecule has 1 unspecified atom stereocenters. The highest BCUT2D eigenvalue weighted by Crippen LogP contribution is 2.11. The molecule has 0 saturated carbocycles. The number of aromatic amines is 1. The first-order chi connectivity index (χ1) is 9.15. The molecule has 0 radical (unpaired) electrons. The van der Waals surface area contributed by atoms with Gasteiger partial charge >= 0.3 is 0 Å². The number of benzene rings is 1. The van der Waals surface area contributed by atoms with Crippen LogP contribution >= 0.6 is 0 Å². The van der Waals surface area contributed by atoms with Gasteiger partial charge in [0.25, 0.3) is 5.56 Å². The fourth-order valence-electron chi connectivity index (χ4n) is 1.59. The Morgan fingerprint density at radius 2 is 2.11 bits per heavy atom. The number of H-pyrrole nitrogens is 1. The Morgan fingerprint density at radius 1 is 1.37 bits per heavy atom. The number of aryl methyl sites for hydroxylation is 1. The number of rotatable bonds is 5. The van der Waals surface area contributed by atoms with Crippen LogP contribution in [-0.4, -0.2) is 22.6 Å². The van der Waals surface area contributed by atoms with Crippen LogP contribution in [0.2, 0.25) is 0 Å². The van der Waals surface area contributed by atoms with Crippen molar-refractivity contribution in [2.45, 2.75) is 19.9 Å². The quantitative estimate of drug-likeness (QED) is 0.861. The molecule has 1 aromatic heterocycles. The van der Waals surface area contributed by atoms with Gasteiger partial charge in [0, 0.05) is 12.4 Å². The topological polar surface area (TPSA) is 67.0 Å². The van der Waals surface area contributed by atoms with Crippen molar-refractivity contribution in [3.05, 3.63) is 52.6 Å². The van der Waals surface area contributed by atoms with Gasteiger partial charge in [-0.2, -0.15) is 0 Å². The molecule has 1 atom stereocenters. The Kier molecular flexibility index (Phi) is 4.18. The van der Waals surface area contributed by atoms with Crippen LogP contribution in [0.3, 0.4) is 0 Å². The summed E-state index contributed by atoms with van der Waals surface area (Å²) < 4.78 is 5.63. The van der Waals surface area contributed by atoms with Crippen LogP contribution in [-0.2, 0) is 0 Å². The van der Waals surface area contributed by atoms with Crippen LogP contribution in [0.5, 0.6) is 5.75 Å². The van der Waals surface area contributed by atoms with Crippen molar-refractivity contribution in [3.63, 3.8) is 0 Å². The van der Waals surface area contributed by atoms with Gasteiger partial charge in [0.15, 0.2) is 5.82 Å². The lowest BCUT2D eigenvalue weighted by atomic mass is 10.2. The van der Waals surface area contributed by atoms with E-state index in [0.29, 0.717) is 12.4 Å². The highest BCUT2D eigenvalue weighted by atomic mass is 16.5. The largest absolute Gasteiger partial charge is 0.491 e. The average Bonchev–Trinajstić information content (AvgIpc) is 2.41. The van der Waals surface area contributed by atoms with Crippen molar-refractivity contribution < 1.29 is 4.74 Å². The third-order valence-corrected chi connectivity index (χ3v) is 2.61. The number of ether oxygens (including phenoxy) is 1. The van der Waals surface area contributed by atoms with Gasteiger partial charge in [-0.15, -0.1) is 0 Å². The zero-order valence-electron chi connectivity index (χ0n) is 11.0. The number of aromatic nitrogens is 2. The molecule has 2 aromatic rings. The van der Waals surface area contributed by atoms with Crippen molar-refractivity contribution in [1.82, 2.24) is 9.97 Å². The van der Waals surface area contributed by atoms with E-state index in [9.17, 15) is 4.79 Å². The van der Waals surface area contributed by atoms with Gasteiger partial charge < -0.3 is 15.0 Å². The van der Waals surface area contributed by atoms with Gasteiger partial charge in [-0.1, -0.05) is 17.7 Å². The molecule has 2 rings (SSSR count). The van der Waals surface area contributed by atoms with E-state index < -0.39 is 0 Å². The van der Waals surface area contributed by atoms with Crippen LogP contribution in [0.4, 0.5) is 5.82 Å². The molecule has 19 heavy (non-hydrogen) atoms. The first-order valence-corrected chi connectivity index (χ1v) is 6.15. The Bertz CT molecular complexity index is 578. The van der Waals surface area contributed by atoms with Crippen molar-refractivity contribution in [3.8, 4) is 5.75 Å². The predicted octanol–water partition coefficient (Wildman–Crippen LogP) is 1.96. The number of nitrogens with zero attached hydrogens (tertiary/aromatic N) is 1. The third kappa shape index (κ3) is 3.84. The van der Waals surface area contributed by atoms with Crippen molar-refractivity contribution in [2.24, 2.45) is 0 Å². The Labute approximate surface area is 111 Å². The number of hydrogen-bond donors (Lipinski definition) is 2. The first-order valence-electron chi connectivity index (χ1n) is 6.15. The molecule has 1 aromatic carbocycles. The lowest BCUT2D eigenvalue weighted by molar-refractivity contribution is 0.303. The lowest BCUT2D eigenvalue weighted by Crippen LogP contribution is -2.27. The molecular formula is C14H17N3O2. The standard InChI is InChI=1S/C14H17N3O2/c1-10-3-5-12(6-4-10)19-9-11(2)17-13-14(18)16-8-7-15-13/h3-8,11H,9H2,1-2H3,(H,15,17)(H,16,18). The molecule has 100 valence electrons. The maximum Gasteiger partial charge on any atom is 0.290 e. The van der Waals surface area contributed by atoms with Crippen LogP contribution in [0.1, 0.15) is 12.5 Å². The normalized spacial score (nSPS) is 11.9. The molecule has 0 amide bonds. The maximum atomic E-state index is 11.4. The molecule has 0 fully saturated rings. The number of nitrogens with one attached hydrogen (secondary N) is 2. The van der Waals surface area contributed by atoms with Gasteiger partial charge in [0.2, 0.25) is 0 Å². The molecule has 0 aliphatic carbocycles. The van der Waals surface area contributed by atoms with Crippen molar-refractivity contribution >= 4 is 5.82 Å². The minimum atomic E-state index is -0.232. The second-order valence-electron chi connectivity index (χ2n) is 4.44. The van der Waals surface area contributed by atoms with Crippen LogP contribution in [0.25, 0.3) is 0 Å². The van der Waals surface area contributed by atoms with E-state index >= 15 is 0 Å². The minimum Gasteiger partial charge on any atom is -0.491 e. The van der Waals surface area contributed by atoms with Crippen LogP contribution in [0, 0.1) is 6.92 Å². The zero-order chi connectivity index (χ0) is 13.7. The summed E-state index contributed by atoms with van der Waals surface area (Å²) in [4.78, 5) is 18.0. The van der Waals surface area contributed by atoms with E-state index in [1.165, 1.54) is 18.0 Å². The van der Waals surface area contributed by atoms with Gasteiger partial charge in [0.1, 0.15) is 12.4 Å². The van der Waals surface area contributed by atoms with Crippen molar-refractivity contribution in [2.75, 3.05) is 11.9 Å². The van der Waals surface area contributed by atoms with Gasteiger partial charge in [-0.05, 0) is 26.0 Å². The molecule has 0 aliphatic rings. The summed E-state index contributed by atoms with van der Waals surface area (Å²) in [7, 11) is 0. The van der Waals surface area contributed by atoms with E-state index in [4.69, 9.17) is 4.74 Å². The SMILES string of the molecule is Cc1ccc(OCC(C)Nc2ncc[nH]c2=O)cc1. The molecular weight excluding hydrogens is 242 g/mol. The molecule has 0 aliphatic heterocycles. The third-order valence-electron chi connectivity index (χ3n) is 2.61. The summed E-state index contributed by atoms with van der Waals surface area (Å²) in [5, 5.41) is 3.01. The summed E-state index contributed by atoms with van der Waals surface area (Å²) in [5.41, 5.74) is 0.961. The van der Waals surface area contributed by atoms with Crippen LogP contribution in [0.15, 0.2) is 41.5 Å². The van der Waals surface area contributed by atoms with E-state index in [2.05, 4.69) is 15.3 Å². The van der Waals surface area contributed by atoms with E-state index in [0.717, 1.165) is 5.75 Å². The number of hydrogen-bond acceptors (Lipinski definition) is 4. The van der Waals surface area contributed by atoms with Gasteiger partial charge in [0.05, 0.1) is 6.04 Å². The van der Waals surface area contributed by atoms with Crippen LogP contribution < -0.4 is 15.6 Å². The summed E-state index contributed by atoms with van der Waals surface area (Å²) in [5.74, 6) is 1.12. The molecule has 0 spiro atoms. The first kappa shape index (κ1) is 13.1. The second-order valence-corrected chi connectivity index (χ2v) is 4.44. The molecule has 2 N–H and O–H groups in total. The smallest absolute Gasteiger partial charge is 0.290 e. The fraction of sp³-hybridized carbons (Fsp3) is 0.286. The summed E-state index contributed by atoms with van der Waals surface area (Å²) in [6, 6.07) is 7.83. The highest BCUT2D eigenvalue weighted by Gasteiger charge is 2.06. The highest BCUT2D eigenvalue weighted by molar-refractivity contribution is 5.31. The molecule has 0 saturated heterocycles. The Hall–Kier alpha value is -2.30. The average molecular weight is 259 g/mol. The van der Waals surface area contributed by atoms with E-state index in [1.54, 1.807) is 0 Å². The zero-order valence-corrected chi connectivity index (χ0v) is 11.0. The molecule has 0 bridgehead atoms. The minimum absolute atomic E-state index is 0.0164. The molecule has 1 heterocycles. The van der Waals surface area contributed by atoms with Gasteiger partial charge in [-0.25, -0.2) is 4.98 Å². The Morgan fingerprint density at radius 3 is 2.79 bits per heavy atom. The summed E-state index contributed by atoms with van der Waals surface area (Å²) in [6.07, 6.45) is 3.04. The fourth-order valence-corrected chi connectivity index (χ4v) is 1.59. The molecule has 5 nitrogen and oxygen atoms in total. The maximum absolute atomic E-state index is 11.4. The predicted molar refractivity (Wildman–Crippen MR) is 74.6 cm³/mol. The van der Waals surface area contributed by atoms with E-state index in [1.807, 2.05) is 38.1 Å². The monoisotopic (exact) mass is 259 g/mol. The summed E-state index contributed by atoms with van der Waals surface area (Å²) in [6.45, 7) is 4.42. The van der Waals surface area contributed by atoms with Crippen molar-refractivity contribution in [1.29, 1.82) is 0 Å². The van der Waals surface area contributed by atoms with E-state index in [-0.39, 0.29) is 11.6 Å².